The number of rotatable bonds is 10. The molecule has 0 aliphatic carbocycles. The van der Waals surface area contributed by atoms with Crippen LogP contribution in [0.1, 0.15) is 23.9 Å². The van der Waals surface area contributed by atoms with Crippen molar-refractivity contribution in [2.24, 2.45) is 0 Å². The van der Waals surface area contributed by atoms with Gasteiger partial charge in [0.15, 0.2) is 5.76 Å². The summed E-state index contributed by atoms with van der Waals surface area (Å²) in [6.07, 6.45) is 3.34. The van der Waals surface area contributed by atoms with Gasteiger partial charge in [-0.25, -0.2) is 4.79 Å². The van der Waals surface area contributed by atoms with Crippen LogP contribution < -0.4 is 26.3 Å². The van der Waals surface area contributed by atoms with E-state index in [4.69, 9.17) is 24.0 Å². The number of nitrogens with one attached hydrogen (secondary N) is 4. The first-order valence-electron chi connectivity index (χ1n) is 9.56. The third-order valence-corrected chi connectivity index (χ3v) is 5.30. The number of ether oxygens (including phenoxy) is 3. The number of carbonyl (C=O) groups is 1. The predicted molar refractivity (Wildman–Crippen MR) is 119 cm³/mol. The van der Waals surface area contributed by atoms with Crippen LogP contribution in [-0.2, 0) is 9.47 Å². The quantitative estimate of drug-likeness (QED) is 0.382. The predicted octanol–water partition coefficient (Wildman–Crippen LogP) is 1.93. The number of aromatic nitrogens is 2. The molecule has 13 heteroatoms. The fourth-order valence-electron chi connectivity index (χ4n) is 3.12. The van der Waals surface area contributed by atoms with Crippen molar-refractivity contribution in [3.05, 3.63) is 34.0 Å². The van der Waals surface area contributed by atoms with Gasteiger partial charge in [-0.3, -0.25) is 10.1 Å². The van der Waals surface area contributed by atoms with E-state index < -0.39 is 17.1 Å². The van der Waals surface area contributed by atoms with E-state index in [1.807, 2.05) is 0 Å². The van der Waals surface area contributed by atoms with Gasteiger partial charge in [-0.15, -0.1) is 10.2 Å². The molecule has 1 amide bonds. The third kappa shape index (κ3) is 5.49. The maximum absolute atomic E-state index is 12.7. The summed E-state index contributed by atoms with van der Waals surface area (Å²) in [5, 5.41) is 24.2. The van der Waals surface area contributed by atoms with Crippen LogP contribution in [0.2, 0.25) is 0 Å². The molecule has 12 nitrogen and oxygen atoms in total. The lowest BCUT2D eigenvalue weighted by atomic mass is 9.99. The van der Waals surface area contributed by atoms with E-state index in [2.05, 4.69) is 26.1 Å². The Hall–Kier alpha value is -3.29. The Morgan fingerprint density at radius 2 is 2.09 bits per heavy atom. The standard InChI is InChI=1S/C19H24N6O6S/c1-11(4-6-20)21-17-24-25-18(32-17)22-15(26)13-8-12(14(29-3)16(27)31-13)23-19(9-28-2)5-7-30-10-19/h4,6,8,20,23H,5,7,9-10H2,1-3H3,(H,21,24)(H,22,25,26)/b11-4-,20-6?/t19-/m0/s1. The average Bonchev–Trinajstić information content (AvgIpc) is 3.38. The summed E-state index contributed by atoms with van der Waals surface area (Å²) in [5.41, 5.74) is -0.387. The zero-order chi connectivity index (χ0) is 23.1. The van der Waals surface area contributed by atoms with Gasteiger partial charge in [0.2, 0.25) is 16.0 Å². The van der Waals surface area contributed by atoms with E-state index in [1.165, 1.54) is 13.2 Å². The van der Waals surface area contributed by atoms with Gasteiger partial charge in [0.1, 0.15) is 0 Å². The Morgan fingerprint density at radius 1 is 1.34 bits per heavy atom. The van der Waals surface area contributed by atoms with Crippen LogP contribution in [0.25, 0.3) is 0 Å². The molecule has 0 radical (unpaired) electrons. The second-order valence-electron chi connectivity index (χ2n) is 6.99. The highest BCUT2D eigenvalue weighted by molar-refractivity contribution is 7.19. The molecular weight excluding hydrogens is 440 g/mol. The number of allylic oxidation sites excluding steroid dienone is 2. The Bertz CT molecular complexity index is 1060. The Labute approximate surface area is 187 Å². The van der Waals surface area contributed by atoms with Crippen molar-refractivity contribution >= 4 is 39.4 Å². The minimum Gasteiger partial charge on any atom is -0.488 e. The second kappa shape index (κ2) is 10.3. The smallest absolute Gasteiger partial charge is 0.381 e. The van der Waals surface area contributed by atoms with Gasteiger partial charge in [0.05, 0.1) is 31.5 Å². The summed E-state index contributed by atoms with van der Waals surface area (Å²) < 4.78 is 21.1. The molecule has 2 aromatic heterocycles. The monoisotopic (exact) mass is 464 g/mol. The molecule has 0 saturated carbocycles. The first-order valence-corrected chi connectivity index (χ1v) is 10.4. The van der Waals surface area contributed by atoms with Crippen molar-refractivity contribution in [3.63, 3.8) is 0 Å². The molecule has 0 unspecified atom stereocenters. The van der Waals surface area contributed by atoms with Crippen LogP contribution in [0.5, 0.6) is 5.75 Å². The maximum Gasteiger partial charge on any atom is 0.381 e. The van der Waals surface area contributed by atoms with Crippen molar-refractivity contribution in [2.45, 2.75) is 18.9 Å². The van der Waals surface area contributed by atoms with Gasteiger partial charge < -0.3 is 34.7 Å². The Morgan fingerprint density at radius 3 is 2.72 bits per heavy atom. The third-order valence-electron chi connectivity index (χ3n) is 4.54. The topological polar surface area (TPSA) is 161 Å². The van der Waals surface area contributed by atoms with Crippen molar-refractivity contribution in [2.75, 3.05) is 50.0 Å². The number of carbonyl (C=O) groups excluding carboxylic acids is 1. The largest absolute Gasteiger partial charge is 0.488 e. The molecular formula is C19H24N6O6S. The maximum atomic E-state index is 12.7. The summed E-state index contributed by atoms with van der Waals surface area (Å²) in [5.74, 6) is -0.958. The molecule has 1 fully saturated rings. The highest BCUT2D eigenvalue weighted by atomic mass is 32.1. The van der Waals surface area contributed by atoms with Crippen LogP contribution in [0, 0.1) is 5.41 Å². The average molecular weight is 465 g/mol. The van der Waals surface area contributed by atoms with E-state index in [1.54, 1.807) is 20.1 Å². The van der Waals surface area contributed by atoms with E-state index in [-0.39, 0.29) is 16.6 Å². The van der Waals surface area contributed by atoms with E-state index >= 15 is 0 Å². The summed E-state index contributed by atoms with van der Waals surface area (Å²) in [4.78, 5) is 25.1. The molecule has 0 bridgehead atoms. The van der Waals surface area contributed by atoms with Crippen molar-refractivity contribution in [1.29, 1.82) is 5.41 Å². The van der Waals surface area contributed by atoms with Crippen molar-refractivity contribution in [3.8, 4) is 5.75 Å². The minimum absolute atomic E-state index is 0.0557. The normalized spacial score (nSPS) is 18.3. The number of hydrogen-bond acceptors (Lipinski definition) is 12. The SMILES string of the molecule is COC[C@@]1(Nc2cc(C(=O)Nc3nnc(N/C(C)=C\C=N)s3)oc(=O)c2OC)CCOC1. The highest BCUT2D eigenvalue weighted by Gasteiger charge is 2.36. The van der Waals surface area contributed by atoms with Crippen LogP contribution in [0.15, 0.2) is 27.1 Å². The molecule has 2 aromatic rings. The number of amides is 1. The zero-order valence-electron chi connectivity index (χ0n) is 17.8. The van der Waals surface area contributed by atoms with Gasteiger partial charge >= 0.3 is 5.63 Å². The fourth-order valence-corrected chi connectivity index (χ4v) is 3.82. The number of nitrogens with zero attached hydrogens (tertiary/aromatic N) is 2. The molecule has 4 N–H and O–H groups in total. The molecule has 0 aromatic carbocycles. The summed E-state index contributed by atoms with van der Waals surface area (Å²) in [6.45, 7) is 3.01. The fraction of sp³-hybridized carbons (Fsp3) is 0.421. The van der Waals surface area contributed by atoms with Crippen LogP contribution in [0.3, 0.4) is 0 Å². The van der Waals surface area contributed by atoms with Crippen molar-refractivity contribution in [1.82, 2.24) is 10.2 Å². The molecule has 1 aliphatic rings. The number of hydrogen-bond donors (Lipinski definition) is 4. The van der Waals surface area contributed by atoms with Crippen LogP contribution in [-0.4, -0.2) is 61.9 Å². The van der Waals surface area contributed by atoms with Crippen molar-refractivity contribution < 1.29 is 23.4 Å². The van der Waals surface area contributed by atoms with Gasteiger partial charge in [-0.2, -0.15) is 0 Å². The van der Waals surface area contributed by atoms with Gasteiger partial charge in [0, 0.05) is 31.7 Å². The molecule has 172 valence electrons. The zero-order valence-corrected chi connectivity index (χ0v) is 18.6. The molecule has 0 spiro atoms. The molecule has 1 atom stereocenters. The lowest BCUT2D eigenvalue weighted by Gasteiger charge is -2.29. The summed E-state index contributed by atoms with van der Waals surface area (Å²) in [6, 6.07) is 1.39. The van der Waals surface area contributed by atoms with Crippen LogP contribution in [0.4, 0.5) is 16.0 Å². The van der Waals surface area contributed by atoms with Crippen LogP contribution >= 0.6 is 11.3 Å². The van der Waals surface area contributed by atoms with Gasteiger partial charge in [-0.05, 0) is 19.4 Å². The van der Waals surface area contributed by atoms with Gasteiger partial charge in [-0.1, -0.05) is 11.3 Å². The van der Waals surface area contributed by atoms with E-state index in [0.29, 0.717) is 42.8 Å². The number of anilines is 3. The second-order valence-corrected chi connectivity index (χ2v) is 7.97. The Kier molecular flexibility index (Phi) is 7.56. The molecule has 1 aliphatic heterocycles. The molecule has 3 heterocycles. The lowest BCUT2D eigenvalue weighted by Crippen LogP contribution is -2.43. The summed E-state index contributed by atoms with van der Waals surface area (Å²) >= 11 is 1.08. The molecule has 3 rings (SSSR count). The minimum atomic E-state index is -0.804. The molecule has 1 saturated heterocycles. The van der Waals surface area contributed by atoms with E-state index in [9.17, 15) is 9.59 Å². The van der Waals surface area contributed by atoms with Gasteiger partial charge in [0.25, 0.3) is 5.91 Å². The first-order chi connectivity index (χ1) is 15.4. The van der Waals surface area contributed by atoms with E-state index in [0.717, 1.165) is 17.6 Å². The molecule has 32 heavy (non-hydrogen) atoms. The Balaban J connectivity index is 1.81. The number of methoxy groups -OCH3 is 2. The summed E-state index contributed by atoms with van der Waals surface area (Å²) in [7, 11) is 2.92. The first kappa shape index (κ1) is 23.4. The highest BCUT2D eigenvalue weighted by Crippen LogP contribution is 2.30. The lowest BCUT2D eigenvalue weighted by molar-refractivity contribution is 0.0991.